The average molecular weight is 341 g/mol. The van der Waals surface area contributed by atoms with Crippen molar-refractivity contribution in [3.63, 3.8) is 0 Å². The topological polar surface area (TPSA) is 27.1 Å². The second-order valence-corrected chi connectivity index (χ2v) is 6.52. The summed E-state index contributed by atoms with van der Waals surface area (Å²) >= 11 is 6.12. The van der Waals surface area contributed by atoms with Crippen LogP contribution in [-0.4, -0.2) is 9.55 Å². The molecule has 1 unspecified atom stereocenters. The van der Waals surface area contributed by atoms with E-state index in [1.54, 1.807) is 0 Å². The first-order valence-corrected chi connectivity index (χ1v) is 8.48. The van der Waals surface area contributed by atoms with Crippen molar-refractivity contribution in [2.45, 2.75) is 26.8 Å². The molecule has 1 heterocycles. The number of benzene rings is 2. The van der Waals surface area contributed by atoms with Crippen molar-refractivity contribution < 1.29 is 4.74 Å². The van der Waals surface area contributed by atoms with E-state index < -0.39 is 0 Å². The van der Waals surface area contributed by atoms with E-state index in [0.717, 1.165) is 24.5 Å². The van der Waals surface area contributed by atoms with Gasteiger partial charge in [-0.25, -0.2) is 4.98 Å². The Morgan fingerprint density at radius 1 is 1.12 bits per heavy atom. The highest BCUT2D eigenvalue weighted by molar-refractivity contribution is 6.32. The van der Waals surface area contributed by atoms with E-state index >= 15 is 0 Å². The maximum Gasteiger partial charge on any atom is 0.146 e. The van der Waals surface area contributed by atoms with Gasteiger partial charge < -0.3 is 9.30 Å². The molecule has 3 aromatic rings. The second kappa shape index (κ2) is 7.54. The quantitative estimate of drug-likeness (QED) is 0.591. The monoisotopic (exact) mass is 340 g/mol. The molecule has 2 aromatic carbocycles. The summed E-state index contributed by atoms with van der Waals surface area (Å²) in [6, 6.07) is 15.7. The van der Waals surface area contributed by atoms with Crippen LogP contribution in [0.2, 0.25) is 5.02 Å². The third-order valence-electron chi connectivity index (χ3n) is 4.00. The van der Waals surface area contributed by atoms with E-state index in [1.165, 1.54) is 5.56 Å². The largest absolute Gasteiger partial charge is 0.456 e. The number of nitrogens with zero attached hydrogens (tertiary/aromatic N) is 2. The molecule has 124 valence electrons. The lowest BCUT2D eigenvalue weighted by Crippen LogP contribution is -2.10. The molecule has 0 N–H and O–H groups in total. The molecule has 0 spiro atoms. The van der Waals surface area contributed by atoms with Crippen LogP contribution in [0.15, 0.2) is 60.9 Å². The summed E-state index contributed by atoms with van der Waals surface area (Å²) in [5.41, 5.74) is 1.30. The molecule has 0 saturated carbocycles. The maximum absolute atomic E-state index is 6.12. The van der Waals surface area contributed by atoms with Gasteiger partial charge in [-0.15, -0.1) is 0 Å². The summed E-state index contributed by atoms with van der Waals surface area (Å²) in [5.74, 6) is 3.07. The number of hydrogen-bond acceptors (Lipinski definition) is 2. The SMILES string of the molecule is Cc1nccn1CC(C)Cc1ccc(Oc2ccccc2Cl)cc1. The van der Waals surface area contributed by atoms with Gasteiger partial charge in [0.2, 0.25) is 0 Å². The summed E-state index contributed by atoms with van der Waals surface area (Å²) in [6.07, 6.45) is 4.90. The molecule has 3 rings (SSSR count). The van der Waals surface area contributed by atoms with Crippen molar-refractivity contribution >= 4 is 11.6 Å². The second-order valence-electron chi connectivity index (χ2n) is 6.11. The third-order valence-corrected chi connectivity index (χ3v) is 4.32. The van der Waals surface area contributed by atoms with Crippen LogP contribution in [0, 0.1) is 12.8 Å². The van der Waals surface area contributed by atoms with E-state index in [1.807, 2.05) is 55.7 Å². The van der Waals surface area contributed by atoms with Crippen molar-refractivity contribution in [2.75, 3.05) is 0 Å². The van der Waals surface area contributed by atoms with E-state index in [0.29, 0.717) is 16.7 Å². The molecular formula is C20H21ClN2O. The smallest absolute Gasteiger partial charge is 0.146 e. The summed E-state index contributed by atoms with van der Waals surface area (Å²) in [7, 11) is 0. The highest BCUT2D eigenvalue weighted by atomic mass is 35.5. The number of hydrogen-bond donors (Lipinski definition) is 0. The van der Waals surface area contributed by atoms with E-state index in [-0.39, 0.29) is 0 Å². The van der Waals surface area contributed by atoms with Crippen molar-refractivity contribution in [1.29, 1.82) is 0 Å². The minimum Gasteiger partial charge on any atom is -0.456 e. The number of ether oxygens (including phenoxy) is 1. The van der Waals surface area contributed by atoms with Gasteiger partial charge in [-0.05, 0) is 49.1 Å². The average Bonchev–Trinajstić information content (AvgIpc) is 2.96. The zero-order chi connectivity index (χ0) is 16.9. The standard InChI is InChI=1S/C20H21ClN2O/c1-15(14-23-12-11-22-16(23)2)13-17-7-9-18(10-8-17)24-20-6-4-3-5-19(20)21/h3-12,15H,13-14H2,1-2H3. The van der Waals surface area contributed by atoms with Crippen molar-refractivity contribution in [1.82, 2.24) is 9.55 Å². The number of para-hydroxylation sites is 1. The molecule has 24 heavy (non-hydrogen) atoms. The molecule has 0 saturated heterocycles. The number of imidazole rings is 1. The molecule has 3 nitrogen and oxygen atoms in total. The zero-order valence-corrected chi connectivity index (χ0v) is 14.7. The van der Waals surface area contributed by atoms with Gasteiger partial charge in [0, 0.05) is 18.9 Å². The molecule has 0 amide bonds. The van der Waals surface area contributed by atoms with Crippen molar-refractivity contribution in [3.05, 3.63) is 77.3 Å². The summed E-state index contributed by atoms with van der Waals surface area (Å²) in [6.45, 7) is 5.27. The van der Waals surface area contributed by atoms with Crippen LogP contribution in [0.4, 0.5) is 0 Å². The Kier molecular flexibility index (Phi) is 5.21. The van der Waals surface area contributed by atoms with Crippen molar-refractivity contribution in [2.24, 2.45) is 5.92 Å². The number of aryl methyl sites for hydroxylation is 1. The molecule has 0 fully saturated rings. The van der Waals surface area contributed by atoms with E-state index in [9.17, 15) is 0 Å². The van der Waals surface area contributed by atoms with Gasteiger partial charge in [0.05, 0.1) is 5.02 Å². The lowest BCUT2D eigenvalue weighted by atomic mass is 10.0. The van der Waals surface area contributed by atoms with Gasteiger partial charge in [0.1, 0.15) is 17.3 Å². The van der Waals surface area contributed by atoms with E-state index in [4.69, 9.17) is 16.3 Å². The van der Waals surface area contributed by atoms with Gasteiger partial charge in [0.25, 0.3) is 0 Å². The molecule has 0 aliphatic heterocycles. The minimum atomic E-state index is 0.535. The van der Waals surface area contributed by atoms with Crippen LogP contribution in [0.1, 0.15) is 18.3 Å². The lowest BCUT2D eigenvalue weighted by molar-refractivity contribution is 0.470. The first kappa shape index (κ1) is 16.6. The number of halogens is 1. The van der Waals surface area contributed by atoms with Gasteiger partial charge in [0.15, 0.2) is 0 Å². The van der Waals surface area contributed by atoms with Crippen LogP contribution in [0.25, 0.3) is 0 Å². The first-order valence-electron chi connectivity index (χ1n) is 8.11. The predicted octanol–water partition coefficient (Wildman–Crippen LogP) is 5.52. The predicted molar refractivity (Wildman–Crippen MR) is 97.8 cm³/mol. The normalized spacial score (nSPS) is 12.1. The van der Waals surface area contributed by atoms with E-state index in [2.05, 4.69) is 28.6 Å². The van der Waals surface area contributed by atoms with Crippen LogP contribution in [-0.2, 0) is 13.0 Å². The summed E-state index contributed by atoms with van der Waals surface area (Å²) in [4.78, 5) is 4.27. The Balaban J connectivity index is 1.60. The zero-order valence-electron chi connectivity index (χ0n) is 13.9. The maximum atomic E-state index is 6.12. The van der Waals surface area contributed by atoms with Gasteiger partial charge in [-0.2, -0.15) is 0 Å². The molecule has 0 bridgehead atoms. The molecule has 0 aliphatic rings. The molecule has 1 atom stereocenters. The molecule has 0 radical (unpaired) electrons. The van der Waals surface area contributed by atoms with Crippen molar-refractivity contribution in [3.8, 4) is 11.5 Å². The number of aromatic nitrogens is 2. The van der Waals surface area contributed by atoms with Gasteiger partial charge in [-0.1, -0.05) is 42.8 Å². The first-order chi connectivity index (χ1) is 11.6. The highest BCUT2D eigenvalue weighted by Gasteiger charge is 2.07. The Morgan fingerprint density at radius 3 is 2.54 bits per heavy atom. The fourth-order valence-corrected chi connectivity index (χ4v) is 2.92. The molecule has 0 aliphatic carbocycles. The molecular weight excluding hydrogens is 320 g/mol. The Labute approximate surface area is 147 Å². The highest BCUT2D eigenvalue weighted by Crippen LogP contribution is 2.29. The van der Waals surface area contributed by atoms with Gasteiger partial charge >= 0.3 is 0 Å². The minimum absolute atomic E-state index is 0.535. The Hall–Kier alpha value is -2.26. The van der Waals surface area contributed by atoms with Gasteiger partial charge in [-0.3, -0.25) is 0 Å². The fourth-order valence-electron chi connectivity index (χ4n) is 2.75. The van der Waals surface area contributed by atoms with Crippen LogP contribution >= 0.6 is 11.6 Å². The van der Waals surface area contributed by atoms with Crippen LogP contribution < -0.4 is 4.74 Å². The number of rotatable bonds is 6. The Bertz CT molecular complexity index is 795. The summed E-state index contributed by atoms with van der Waals surface area (Å²) < 4.78 is 8.02. The third kappa shape index (κ3) is 4.18. The Morgan fingerprint density at radius 2 is 1.88 bits per heavy atom. The summed E-state index contributed by atoms with van der Waals surface area (Å²) in [5, 5.41) is 0.617. The van der Waals surface area contributed by atoms with Crippen LogP contribution in [0.5, 0.6) is 11.5 Å². The lowest BCUT2D eigenvalue weighted by Gasteiger charge is -2.14. The van der Waals surface area contributed by atoms with Crippen LogP contribution in [0.3, 0.4) is 0 Å². The fraction of sp³-hybridized carbons (Fsp3) is 0.250. The molecule has 1 aromatic heterocycles. The molecule has 4 heteroatoms.